The lowest BCUT2D eigenvalue weighted by molar-refractivity contribution is 0.0696. The van der Waals surface area contributed by atoms with Gasteiger partial charge in [0.15, 0.2) is 9.84 Å². The topological polar surface area (TPSA) is 83.5 Å². The van der Waals surface area contributed by atoms with Gasteiger partial charge in [0.1, 0.15) is 0 Å². The van der Waals surface area contributed by atoms with Crippen LogP contribution in [0.3, 0.4) is 0 Å². The number of anilines is 1. The standard InChI is InChI=1S/C14H19NO4S/c1-9-10(14(16)17)5-3-6-11(9)15-12-7-4-8-13(12)20(2,18)19/h3,5-6,12-13,15H,4,7-8H2,1-2H3,(H,16,17). The molecular weight excluding hydrogens is 278 g/mol. The highest BCUT2D eigenvalue weighted by Gasteiger charge is 2.34. The van der Waals surface area contributed by atoms with Gasteiger partial charge < -0.3 is 10.4 Å². The number of benzene rings is 1. The minimum absolute atomic E-state index is 0.146. The first kappa shape index (κ1) is 14.8. The van der Waals surface area contributed by atoms with Gasteiger partial charge in [0.2, 0.25) is 0 Å². The summed E-state index contributed by atoms with van der Waals surface area (Å²) in [4.78, 5) is 11.1. The SMILES string of the molecule is Cc1c(NC2CCCC2S(C)(=O)=O)cccc1C(=O)O. The van der Waals surface area contributed by atoms with E-state index in [0.717, 1.165) is 12.8 Å². The Morgan fingerprint density at radius 3 is 2.65 bits per heavy atom. The fourth-order valence-electron chi connectivity index (χ4n) is 2.83. The fourth-order valence-corrected chi connectivity index (χ4v) is 4.22. The Hall–Kier alpha value is -1.56. The van der Waals surface area contributed by atoms with E-state index < -0.39 is 21.1 Å². The van der Waals surface area contributed by atoms with Crippen molar-refractivity contribution < 1.29 is 18.3 Å². The van der Waals surface area contributed by atoms with Crippen LogP contribution in [0.5, 0.6) is 0 Å². The summed E-state index contributed by atoms with van der Waals surface area (Å²) in [5.74, 6) is -0.975. The summed E-state index contributed by atoms with van der Waals surface area (Å²) in [6.45, 7) is 1.73. The summed E-state index contributed by atoms with van der Waals surface area (Å²) in [7, 11) is -3.09. The third-order valence-corrected chi connectivity index (χ3v) is 5.57. The summed E-state index contributed by atoms with van der Waals surface area (Å²) in [5, 5.41) is 11.9. The van der Waals surface area contributed by atoms with Crippen molar-refractivity contribution in [1.29, 1.82) is 0 Å². The van der Waals surface area contributed by atoms with E-state index >= 15 is 0 Å². The maximum Gasteiger partial charge on any atom is 0.336 e. The van der Waals surface area contributed by atoms with Crippen molar-refractivity contribution in [3.8, 4) is 0 Å². The summed E-state index contributed by atoms with van der Waals surface area (Å²) in [6, 6.07) is 4.86. The van der Waals surface area contributed by atoms with Gasteiger partial charge in [0.25, 0.3) is 0 Å². The minimum Gasteiger partial charge on any atom is -0.478 e. The second-order valence-electron chi connectivity index (χ2n) is 5.33. The lowest BCUT2D eigenvalue weighted by atomic mass is 10.1. The van der Waals surface area contributed by atoms with Gasteiger partial charge in [-0.3, -0.25) is 0 Å². The van der Waals surface area contributed by atoms with Crippen molar-refractivity contribution in [1.82, 2.24) is 0 Å². The zero-order valence-corrected chi connectivity index (χ0v) is 12.4. The lowest BCUT2D eigenvalue weighted by Gasteiger charge is -2.22. The Morgan fingerprint density at radius 1 is 1.35 bits per heavy atom. The van der Waals surface area contributed by atoms with Crippen LogP contribution in [0.2, 0.25) is 0 Å². The second-order valence-corrected chi connectivity index (χ2v) is 7.60. The van der Waals surface area contributed by atoms with E-state index in [-0.39, 0.29) is 11.6 Å². The molecule has 0 saturated heterocycles. The monoisotopic (exact) mass is 297 g/mol. The van der Waals surface area contributed by atoms with Crippen molar-refractivity contribution >= 4 is 21.5 Å². The smallest absolute Gasteiger partial charge is 0.336 e. The highest BCUT2D eigenvalue weighted by Crippen LogP contribution is 2.29. The minimum atomic E-state index is -3.09. The van der Waals surface area contributed by atoms with Crippen LogP contribution in [-0.4, -0.2) is 37.0 Å². The molecule has 110 valence electrons. The summed E-state index contributed by atoms with van der Waals surface area (Å²) in [6.07, 6.45) is 3.58. The van der Waals surface area contributed by atoms with Crippen molar-refractivity contribution in [2.45, 2.75) is 37.5 Å². The molecule has 1 aromatic rings. The molecule has 0 spiro atoms. The highest BCUT2D eigenvalue weighted by atomic mass is 32.2. The molecule has 0 bridgehead atoms. The van der Waals surface area contributed by atoms with Crippen LogP contribution in [0.15, 0.2) is 18.2 Å². The van der Waals surface area contributed by atoms with Gasteiger partial charge in [-0.2, -0.15) is 0 Å². The first-order valence-electron chi connectivity index (χ1n) is 6.59. The van der Waals surface area contributed by atoms with Crippen molar-refractivity contribution in [2.75, 3.05) is 11.6 Å². The first-order valence-corrected chi connectivity index (χ1v) is 8.54. The molecule has 2 N–H and O–H groups in total. The number of hydrogen-bond acceptors (Lipinski definition) is 4. The summed E-state index contributed by atoms with van der Waals surface area (Å²) in [5.41, 5.74) is 1.58. The van der Waals surface area contributed by atoms with E-state index in [9.17, 15) is 13.2 Å². The molecule has 1 saturated carbocycles. The fraction of sp³-hybridized carbons (Fsp3) is 0.500. The van der Waals surface area contributed by atoms with Gasteiger partial charge in [-0.1, -0.05) is 6.07 Å². The van der Waals surface area contributed by atoms with Crippen molar-refractivity contribution in [2.24, 2.45) is 0 Å². The zero-order valence-electron chi connectivity index (χ0n) is 11.6. The van der Waals surface area contributed by atoms with E-state index in [1.54, 1.807) is 25.1 Å². The van der Waals surface area contributed by atoms with Gasteiger partial charge in [-0.05, 0) is 43.9 Å². The van der Waals surface area contributed by atoms with Gasteiger partial charge >= 0.3 is 5.97 Å². The first-order chi connectivity index (χ1) is 9.30. The quantitative estimate of drug-likeness (QED) is 0.889. The molecule has 2 unspecified atom stereocenters. The number of carboxylic acid groups (broad SMARTS) is 1. The van der Waals surface area contributed by atoms with Gasteiger partial charge in [0.05, 0.1) is 10.8 Å². The molecule has 0 aromatic heterocycles. The average Bonchev–Trinajstić information content (AvgIpc) is 2.79. The maximum absolute atomic E-state index is 11.8. The molecule has 0 aliphatic heterocycles. The highest BCUT2D eigenvalue weighted by molar-refractivity contribution is 7.91. The summed E-state index contributed by atoms with van der Waals surface area (Å²) >= 11 is 0. The normalized spacial score (nSPS) is 22.7. The number of carboxylic acids is 1. The van der Waals surface area contributed by atoms with Crippen LogP contribution < -0.4 is 5.32 Å². The predicted molar refractivity (Wildman–Crippen MR) is 78.0 cm³/mol. The third-order valence-electron chi connectivity index (χ3n) is 3.91. The van der Waals surface area contributed by atoms with Gasteiger partial charge in [0, 0.05) is 18.0 Å². The Labute approximate surface area is 118 Å². The predicted octanol–water partition coefficient (Wildman–Crippen LogP) is 2.07. The largest absolute Gasteiger partial charge is 0.478 e. The zero-order chi connectivity index (χ0) is 14.9. The number of nitrogens with one attached hydrogen (secondary N) is 1. The molecule has 0 amide bonds. The Bertz CT molecular complexity index is 624. The molecule has 5 nitrogen and oxygen atoms in total. The Morgan fingerprint density at radius 2 is 2.05 bits per heavy atom. The van der Waals surface area contributed by atoms with Crippen LogP contribution in [-0.2, 0) is 9.84 Å². The molecule has 6 heteroatoms. The van der Waals surface area contributed by atoms with E-state index in [0.29, 0.717) is 17.7 Å². The average molecular weight is 297 g/mol. The third kappa shape index (κ3) is 2.95. The molecule has 2 atom stereocenters. The maximum atomic E-state index is 11.8. The van der Waals surface area contributed by atoms with Crippen LogP contribution in [0.1, 0.15) is 35.2 Å². The van der Waals surface area contributed by atoms with Crippen LogP contribution in [0.25, 0.3) is 0 Å². The molecular formula is C14H19NO4S. The van der Waals surface area contributed by atoms with E-state index in [4.69, 9.17) is 5.11 Å². The summed E-state index contributed by atoms with van der Waals surface area (Å²) < 4.78 is 23.5. The van der Waals surface area contributed by atoms with Gasteiger partial charge in [-0.15, -0.1) is 0 Å². The Balaban J connectivity index is 2.27. The van der Waals surface area contributed by atoms with E-state index in [1.165, 1.54) is 6.26 Å². The van der Waals surface area contributed by atoms with Crippen molar-refractivity contribution in [3.05, 3.63) is 29.3 Å². The second kappa shape index (κ2) is 5.44. The number of carbonyl (C=O) groups is 1. The van der Waals surface area contributed by atoms with E-state index in [1.807, 2.05) is 0 Å². The van der Waals surface area contributed by atoms with Crippen molar-refractivity contribution in [3.63, 3.8) is 0 Å². The number of aromatic carboxylic acids is 1. The Kier molecular flexibility index (Phi) is 4.04. The molecule has 2 rings (SSSR count). The van der Waals surface area contributed by atoms with Crippen LogP contribution in [0, 0.1) is 6.92 Å². The molecule has 1 fully saturated rings. The number of rotatable bonds is 4. The molecule has 20 heavy (non-hydrogen) atoms. The van der Waals surface area contributed by atoms with E-state index in [2.05, 4.69) is 5.32 Å². The molecule has 0 heterocycles. The van der Waals surface area contributed by atoms with Crippen LogP contribution >= 0.6 is 0 Å². The molecule has 0 radical (unpaired) electrons. The number of sulfone groups is 1. The van der Waals surface area contributed by atoms with Crippen LogP contribution in [0.4, 0.5) is 5.69 Å². The lowest BCUT2D eigenvalue weighted by Crippen LogP contribution is -2.34. The number of hydrogen-bond donors (Lipinski definition) is 2. The molecule has 1 aliphatic rings. The van der Waals surface area contributed by atoms with Gasteiger partial charge in [-0.25, -0.2) is 13.2 Å². The molecule has 1 aromatic carbocycles. The molecule has 1 aliphatic carbocycles.